The van der Waals surface area contributed by atoms with E-state index in [0.29, 0.717) is 17.5 Å². The second-order valence-electron chi connectivity index (χ2n) is 20.0. The summed E-state index contributed by atoms with van der Waals surface area (Å²) in [5, 5.41) is 28.6. The fourth-order valence-corrected chi connectivity index (χ4v) is 9.02. The van der Waals surface area contributed by atoms with Crippen molar-refractivity contribution in [3.8, 4) is 0 Å². The minimum atomic E-state index is -1.51. The Balaban J connectivity index is 1.57. The molecular weight excluding hydrogens is 1030 g/mol. The topological polar surface area (TPSA) is 415 Å². The minimum Gasteiger partial charge on any atom is -0.370 e. The summed E-state index contributed by atoms with van der Waals surface area (Å²) >= 11 is 0. The van der Waals surface area contributed by atoms with Crippen molar-refractivity contribution in [1.82, 2.24) is 47.4 Å². The van der Waals surface area contributed by atoms with Crippen LogP contribution in [0.3, 0.4) is 0 Å². The maximum Gasteiger partial charge on any atom is 0.245 e. The third-order valence-electron chi connectivity index (χ3n) is 13.1. The average molecular weight is 1110 g/mol. The van der Waals surface area contributed by atoms with Gasteiger partial charge in [-0.3, -0.25) is 58.1 Å². The predicted octanol–water partition coefficient (Wildman–Crippen LogP) is -1.95. The lowest BCUT2D eigenvalue weighted by Gasteiger charge is -2.31. The number of benzene rings is 3. The van der Waals surface area contributed by atoms with Gasteiger partial charge in [0.15, 0.2) is 5.96 Å². The van der Waals surface area contributed by atoms with Gasteiger partial charge in [-0.1, -0.05) is 105 Å². The Hall–Kier alpha value is -8.90. The lowest BCUT2D eigenvalue weighted by molar-refractivity contribution is -0.143. The van der Waals surface area contributed by atoms with E-state index in [1.807, 2.05) is 13.8 Å². The summed E-state index contributed by atoms with van der Waals surface area (Å²) < 4.78 is 0. The highest BCUT2D eigenvalue weighted by Gasteiger charge is 2.40. The van der Waals surface area contributed by atoms with Crippen LogP contribution in [-0.4, -0.2) is 138 Å². The molecule has 0 aromatic heterocycles. The molecule has 0 bridgehead atoms. The molecule has 11 amide bonds. The Bertz CT molecular complexity index is 2610. The van der Waals surface area contributed by atoms with Gasteiger partial charge in [0.25, 0.3) is 0 Å². The molecule has 1 fully saturated rings. The van der Waals surface area contributed by atoms with E-state index in [-0.39, 0.29) is 95.6 Å². The van der Waals surface area contributed by atoms with E-state index in [1.54, 1.807) is 91.0 Å². The lowest BCUT2D eigenvalue weighted by atomic mass is 9.99. The molecule has 1 saturated heterocycles. The molecule has 0 unspecified atom stereocenters. The van der Waals surface area contributed by atoms with E-state index in [4.69, 9.17) is 28.3 Å². The van der Waals surface area contributed by atoms with Gasteiger partial charge in [0.2, 0.25) is 65.5 Å². The molecule has 17 N–H and O–H groups in total. The highest BCUT2D eigenvalue weighted by atomic mass is 16.2. The van der Waals surface area contributed by atoms with Gasteiger partial charge in [-0.05, 0) is 67.6 Å². The molecule has 3 aromatic rings. The van der Waals surface area contributed by atoms with E-state index in [2.05, 4.69) is 42.5 Å². The Labute approximate surface area is 464 Å². The van der Waals surface area contributed by atoms with Gasteiger partial charge < -0.3 is 70.4 Å². The average Bonchev–Trinajstić information content (AvgIpc) is 3.92. The molecule has 80 heavy (non-hydrogen) atoms. The summed E-state index contributed by atoms with van der Waals surface area (Å²) in [4.78, 5) is 149. The molecule has 4 rings (SSSR count). The zero-order valence-corrected chi connectivity index (χ0v) is 45.1. The molecule has 3 aromatic carbocycles. The first-order valence-electron chi connectivity index (χ1n) is 26.5. The molecule has 0 radical (unpaired) electrons. The monoisotopic (exact) mass is 1110 g/mol. The second kappa shape index (κ2) is 32.7. The molecule has 0 saturated carbocycles. The first-order chi connectivity index (χ1) is 38.1. The van der Waals surface area contributed by atoms with Gasteiger partial charge in [-0.2, -0.15) is 0 Å². The van der Waals surface area contributed by atoms with Gasteiger partial charge >= 0.3 is 0 Å². The highest BCUT2D eigenvalue weighted by molar-refractivity contribution is 5.98. The van der Waals surface area contributed by atoms with Crippen LogP contribution in [-0.2, 0) is 72.0 Å². The number of nitrogens with two attached hydrogens (primary N) is 4. The summed E-state index contributed by atoms with van der Waals surface area (Å²) in [5.41, 5.74) is 24.1. The zero-order valence-electron chi connectivity index (χ0n) is 45.1. The maximum absolute atomic E-state index is 14.7. The highest BCUT2D eigenvalue weighted by Crippen LogP contribution is 2.21. The molecular formula is C55H76N14O11. The quantitative estimate of drug-likeness (QED) is 0.0134. The van der Waals surface area contributed by atoms with Gasteiger partial charge in [0, 0.05) is 45.2 Å². The summed E-state index contributed by atoms with van der Waals surface area (Å²) in [6.45, 7) is 3.77. The fraction of sp³-hybridized carbons (Fsp3) is 0.455. The van der Waals surface area contributed by atoms with E-state index in [0.717, 1.165) is 5.56 Å². The first-order valence-corrected chi connectivity index (χ1v) is 26.5. The smallest absolute Gasteiger partial charge is 0.245 e. The number of hydrogen-bond acceptors (Lipinski definition) is 12. The summed E-state index contributed by atoms with van der Waals surface area (Å²) in [6.07, 6.45) is -0.419. The van der Waals surface area contributed by atoms with E-state index >= 15 is 0 Å². The zero-order chi connectivity index (χ0) is 58.7. The number of nitrogens with one attached hydrogen (secondary N) is 9. The van der Waals surface area contributed by atoms with Gasteiger partial charge in [-0.25, -0.2) is 0 Å². The lowest BCUT2D eigenvalue weighted by Crippen LogP contribution is -2.60. The molecule has 0 aliphatic carbocycles. The van der Waals surface area contributed by atoms with E-state index in [1.165, 1.54) is 4.90 Å². The van der Waals surface area contributed by atoms with Crippen LogP contribution in [0.15, 0.2) is 91.0 Å². The van der Waals surface area contributed by atoms with Crippen molar-refractivity contribution in [2.24, 2.45) is 28.9 Å². The minimum absolute atomic E-state index is 0.0104. The number of amides is 11. The van der Waals surface area contributed by atoms with Gasteiger partial charge in [-0.15, -0.1) is 0 Å². The maximum atomic E-state index is 14.7. The van der Waals surface area contributed by atoms with Crippen molar-refractivity contribution in [1.29, 1.82) is 5.41 Å². The van der Waals surface area contributed by atoms with Crippen LogP contribution in [0, 0.1) is 11.3 Å². The number of carbonyl (C=O) groups excluding carboxylic acids is 11. The molecule has 432 valence electrons. The van der Waals surface area contributed by atoms with Crippen LogP contribution in [0.1, 0.15) is 88.3 Å². The molecule has 1 heterocycles. The largest absolute Gasteiger partial charge is 0.370 e. The molecule has 1 aliphatic heterocycles. The van der Waals surface area contributed by atoms with Crippen LogP contribution in [0.5, 0.6) is 0 Å². The van der Waals surface area contributed by atoms with E-state index in [9.17, 15) is 52.7 Å². The van der Waals surface area contributed by atoms with Crippen molar-refractivity contribution in [3.05, 3.63) is 108 Å². The first kappa shape index (κ1) is 63.6. The van der Waals surface area contributed by atoms with Crippen molar-refractivity contribution < 1.29 is 52.7 Å². The Morgan fingerprint density at radius 3 is 1.49 bits per heavy atom. The molecule has 25 heteroatoms. The van der Waals surface area contributed by atoms with Gasteiger partial charge in [0.1, 0.15) is 48.3 Å². The Morgan fingerprint density at radius 2 is 0.988 bits per heavy atom. The van der Waals surface area contributed by atoms with Crippen molar-refractivity contribution in [3.63, 3.8) is 0 Å². The number of carbonyl (C=O) groups is 11. The molecule has 0 spiro atoms. The van der Waals surface area contributed by atoms with Crippen molar-refractivity contribution >= 4 is 71.4 Å². The van der Waals surface area contributed by atoms with Crippen LogP contribution in [0.4, 0.5) is 0 Å². The number of hydrogen-bond donors (Lipinski definition) is 13. The van der Waals surface area contributed by atoms with E-state index < -0.39 is 114 Å². The predicted molar refractivity (Wildman–Crippen MR) is 294 cm³/mol. The molecule has 1 aliphatic rings. The SMILES string of the molecule is CC(C)C[C@H](NC(=O)[C@H](Cc1ccccc1)NC=O)C(=O)N[C@@H](Cc1ccccc1)C(=O)N[C@@H](CCC(N)=O)C(=O)N1CCC[C@H]1C(=O)N[C@@H](CCC(N)=O)C(=O)N[C@@H](CCCNC(=N)N)C(=O)N[C@@H](Cc1ccccc1)C(N)=O. The summed E-state index contributed by atoms with van der Waals surface area (Å²) in [6, 6.07) is 15.9. The number of rotatable bonds is 34. The van der Waals surface area contributed by atoms with Crippen molar-refractivity contribution in [2.75, 3.05) is 13.1 Å². The third kappa shape index (κ3) is 21.9. The number of primary amides is 3. The van der Waals surface area contributed by atoms with Crippen LogP contribution < -0.4 is 65.5 Å². The summed E-state index contributed by atoms with van der Waals surface area (Å²) in [5.74, 6) is -8.58. The fourth-order valence-electron chi connectivity index (χ4n) is 9.02. The van der Waals surface area contributed by atoms with Crippen LogP contribution >= 0.6 is 0 Å². The normalized spacial score (nSPS) is 15.4. The van der Waals surface area contributed by atoms with Crippen molar-refractivity contribution in [2.45, 2.75) is 139 Å². The third-order valence-corrected chi connectivity index (χ3v) is 13.1. The van der Waals surface area contributed by atoms with Crippen LogP contribution in [0.25, 0.3) is 0 Å². The molecule has 8 atom stereocenters. The Morgan fingerprint density at radius 1 is 0.562 bits per heavy atom. The number of nitrogens with zero attached hydrogens (tertiary/aromatic N) is 1. The number of likely N-dealkylation sites (tertiary alicyclic amines) is 1. The Kier molecular flexibility index (Phi) is 26.0. The standard InChI is InChI=1S/C55H76N14O11/c1-33(2)28-42(67-50(76)41(62-32-70)30-35-16-8-4-9-17-35)51(77)68-43(31-36-18-10-5-11-19-36)52(78)65-39(23-25-46(57)72)54(80)69-27-13-21-44(69)53(79)64-38(22-24-45(56)71)49(75)63-37(20-12-26-61-55(59)60)48(74)66-40(47(58)73)29-34-14-6-3-7-15-34/h3-11,14-19,32-33,37-44H,12-13,20-31H2,1-2H3,(H2,56,71)(H2,57,72)(H2,58,73)(H,62,70)(H,63,75)(H,64,79)(H,65,78)(H,66,74)(H,67,76)(H,68,77)(H4,59,60,61)/t37-,38-,39-,40-,41-,42-,43-,44-/m0/s1. The van der Waals surface area contributed by atoms with Crippen LogP contribution in [0.2, 0.25) is 0 Å². The van der Waals surface area contributed by atoms with Gasteiger partial charge in [0.05, 0.1) is 0 Å². The number of guanidine groups is 1. The second-order valence-corrected chi connectivity index (χ2v) is 20.0. The molecule has 25 nitrogen and oxygen atoms in total. The summed E-state index contributed by atoms with van der Waals surface area (Å²) in [7, 11) is 0.